The molecule has 0 aliphatic rings. The van der Waals surface area contributed by atoms with Gasteiger partial charge < -0.3 is 15.9 Å². The number of hydrogen-bond acceptors (Lipinski definition) is 9. The van der Waals surface area contributed by atoms with Gasteiger partial charge in [0.15, 0.2) is 5.54 Å². The van der Waals surface area contributed by atoms with Crippen molar-refractivity contribution in [2.75, 3.05) is 18.8 Å². The second kappa shape index (κ2) is 17.4. The smallest absolute Gasteiger partial charge is 0.691 e. The molecule has 0 aliphatic heterocycles. The van der Waals surface area contributed by atoms with Crippen molar-refractivity contribution in [1.82, 2.24) is 10.6 Å². The number of carbonyl (C=O) groups is 2. The van der Waals surface area contributed by atoms with Gasteiger partial charge in [0.25, 0.3) is 0 Å². The van der Waals surface area contributed by atoms with Crippen molar-refractivity contribution in [1.29, 1.82) is 5.26 Å². The van der Waals surface area contributed by atoms with Crippen LogP contribution in [0.3, 0.4) is 0 Å². The van der Waals surface area contributed by atoms with E-state index in [1.54, 1.807) is 6.92 Å². The van der Waals surface area contributed by atoms with E-state index in [1.165, 1.54) is 6.92 Å². The zero-order valence-corrected chi connectivity index (χ0v) is 20.7. The fraction of sp³-hybridized carbons (Fsp3) is 0.765. The van der Waals surface area contributed by atoms with Crippen molar-refractivity contribution in [2.24, 2.45) is 10.2 Å². The van der Waals surface area contributed by atoms with Gasteiger partial charge in [-0.05, 0) is 19.8 Å². The molecule has 0 rings (SSSR count). The fourth-order valence-corrected chi connectivity index (χ4v) is 2.20. The molecular weight excluding hydrogens is 423 g/mol. The normalized spacial score (nSPS) is 14.5. The zero-order valence-electron chi connectivity index (χ0n) is 17.9. The summed E-state index contributed by atoms with van der Waals surface area (Å²) >= 11 is 0.757. The second-order valence-electron chi connectivity index (χ2n) is 6.57. The van der Waals surface area contributed by atoms with Crippen LogP contribution in [-0.2, 0) is 19.0 Å². The average Bonchev–Trinajstić information content (AvgIpc) is 2.73. The van der Waals surface area contributed by atoms with Gasteiger partial charge in [0.1, 0.15) is 0 Å². The molecule has 0 saturated carbocycles. The molecule has 2 atom stereocenters. The van der Waals surface area contributed by atoms with Gasteiger partial charge in [0, 0.05) is 50.7 Å². The third kappa shape index (κ3) is 14.7. The van der Waals surface area contributed by atoms with E-state index in [9.17, 15) is 20.1 Å². The predicted molar refractivity (Wildman–Crippen MR) is 103 cm³/mol. The van der Waals surface area contributed by atoms with Crippen molar-refractivity contribution < 1.29 is 53.8 Å². The van der Waals surface area contributed by atoms with Crippen molar-refractivity contribution in [3.05, 3.63) is 11.4 Å². The van der Waals surface area contributed by atoms with E-state index in [2.05, 4.69) is 35.1 Å². The maximum Gasteiger partial charge on any atom is 1.00 e. The van der Waals surface area contributed by atoms with Crippen molar-refractivity contribution in [3.8, 4) is 6.07 Å². The van der Waals surface area contributed by atoms with Gasteiger partial charge in [-0.3, -0.25) is 19.5 Å². The monoisotopic (exact) mass is 450 g/mol. The molecule has 0 heterocycles. The van der Waals surface area contributed by atoms with Crippen LogP contribution in [0.2, 0.25) is 0 Å². The molecule has 13 heteroatoms. The quantitative estimate of drug-likeness (QED) is 0.0582. The first kappa shape index (κ1) is 30.9. The Morgan fingerprint density at radius 2 is 1.80 bits per heavy atom. The Morgan fingerprint density at radius 3 is 2.33 bits per heavy atom. The summed E-state index contributed by atoms with van der Waals surface area (Å²) < 4.78 is 4.07. The van der Waals surface area contributed by atoms with E-state index in [0.29, 0.717) is 12.3 Å². The predicted octanol–water partition coefficient (Wildman–Crippen LogP) is -1.57. The molecule has 2 N–H and O–H groups in total. The maximum absolute atomic E-state index is 11.8. The molecule has 11 nitrogen and oxygen atoms in total. The third-order valence-electron chi connectivity index (χ3n) is 3.79. The number of nitrogens with zero attached hydrogens (tertiary/aromatic N) is 4. The van der Waals surface area contributed by atoms with Crippen LogP contribution in [0.15, 0.2) is 10.2 Å². The molecular formula is C17H27N6NaO5S. The second-order valence-corrected chi connectivity index (χ2v) is 7.35. The van der Waals surface area contributed by atoms with Crippen LogP contribution in [0.4, 0.5) is 0 Å². The van der Waals surface area contributed by atoms with Gasteiger partial charge in [0.2, 0.25) is 11.8 Å². The molecule has 0 aromatic carbocycles. The molecule has 0 spiro atoms. The molecule has 0 fully saturated rings. The molecule has 0 aliphatic carbocycles. The first-order chi connectivity index (χ1) is 13.7. The average molecular weight is 450 g/mol. The van der Waals surface area contributed by atoms with Gasteiger partial charge in [-0.1, -0.05) is 6.92 Å². The van der Waals surface area contributed by atoms with Crippen LogP contribution in [0.5, 0.6) is 0 Å². The van der Waals surface area contributed by atoms with Gasteiger partial charge in [-0.2, -0.15) is 14.7 Å². The van der Waals surface area contributed by atoms with Crippen LogP contribution in [-0.4, -0.2) is 41.9 Å². The number of azo groups is 1. The Morgan fingerprint density at radius 1 is 1.20 bits per heavy atom. The summed E-state index contributed by atoms with van der Waals surface area (Å²) in [4.78, 5) is 27.0. The molecule has 0 aromatic rings. The minimum atomic E-state index is -1.30. The summed E-state index contributed by atoms with van der Waals surface area (Å²) in [5, 5.41) is 35.6. The standard InChI is InChI=1S/C17H28N6O5S.Na/c1-5-10-20-14(24)6-8-16(2,13-18)22-23-17(3,19-4)9-7-15(25)21-11-12-29-28-27-26;/h26H,5-12H2,1-3H3,(H,20,24)(H,21,25);/q;+1/p-1. The molecule has 2 amide bonds. The molecule has 2 unspecified atom stereocenters. The van der Waals surface area contributed by atoms with Crippen LogP contribution >= 0.6 is 12.0 Å². The first-order valence-electron chi connectivity index (χ1n) is 9.09. The van der Waals surface area contributed by atoms with Gasteiger partial charge in [-0.25, -0.2) is 6.57 Å². The molecule has 0 saturated heterocycles. The van der Waals surface area contributed by atoms with E-state index in [0.717, 1.165) is 18.5 Å². The van der Waals surface area contributed by atoms with E-state index in [-0.39, 0.29) is 73.6 Å². The number of carbonyl (C=O) groups excluding carboxylic acids is 2. The van der Waals surface area contributed by atoms with Gasteiger partial charge >= 0.3 is 35.2 Å². The summed E-state index contributed by atoms with van der Waals surface area (Å²) in [5.41, 5.74) is -2.53. The minimum Gasteiger partial charge on any atom is -0.691 e. The SMILES string of the molecule is [C-]#[N+]C(C)(CCC(=O)NCCSOO[O-])N=NC(C)(C#N)CCC(=O)NCCC.[Na+]. The zero-order chi connectivity index (χ0) is 22.2. The van der Waals surface area contributed by atoms with E-state index in [4.69, 9.17) is 6.57 Å². The topological polar surface area (TPSA) is 153 Å². The van der Waals surface area contributed by atoms with Crippen molar-refractivity contribution in [2.45, 2.75) is 64.1 Å². The van der Waals surface area contributed by atoms with Gasteiger partial charge in [-0.15, -0.1) is 5.11 Å². The van der Waals surface area contributed by atoms with E-state index < -0.39 is 11.2 Å². The summed E-state index contributed by atoms with van der Waals surface area (Å²) in [5.74, 6) is -0.145. The van der Waals surface area contributed by atoms with Crippen LogP contribution in [0, 0.1) is 17.9 Å². The molecule has 0 radical (unpaired) electrons. The van der Waals surface area contributed by atoms with Crippen LogP contribution in [0.1, 0.15) is 52.9 Å². The number of rotatable bonds is 15. The molecule has 0 bridgehead atoms. The Balaban J connectivity index is 0. The van der Waals surface area contributed by atoms with Crippen molar-refractivity contribution >= 4 is 23.9 Å². The Hall–Kier alpha value is -1.25. The summed E-state index contributed by atoms with van der Waals surface area (Å²) in [6.07, 6.45) is 1.25. The molecule has 162 valence electrons. The molecule has 0 aromatic heterocycles. The van der Waals surface area contributed by atoms with Crippen molar-refractivity contribution in [3.63, 3.8) is 0 Å². The molecule has 30 heavy (non-hydrogen) atoms. The largest absolute Gasteiger partial charge is 1.00 e. The first-order valence-corrected chi connectivity index (χ1v) is 10.0. The Bertz CT molecular complexity index is 641. The summed E-state index contributed by atoms with van der Waals surface area (Å²) in [7, 11) is 0. The Kier molecular flexibility index (Phi) is 18.0. The van der Waals surface area contributed by atoms with Crippen LogP contribution in [0.25, 0.3) is 4.85 Å². The van der Waals surface area contributed by atoms with E-state index >= 15 is 0 Å². The van der Waals surface area contributed by atoms with E-state index in [1.807, 2.05) is 13.0 Å². The Labute approximate surface area is 203 Å². The van der Waals surface area contributed by atoms with Crippen LogP contribution < -0.4 is 45.4 Å². The van der Waals surface area contributed by atoms with Gasteiger partial charge in [0.05, 0.1) is 12.5 Å². The maximum atomic E-state index is 11.8. The number of nitrogens with one attached hydrogen (secondary N) is 2. The number of nitriles is 1. The number of hydrogen-bond donors (Lipinski definition) is 2. The minimum absolute atomic E-state index is 0. The summed E-state index contributed by atoms with van der Waals surface area (Å²) in [6, 6.07) is 2.03. The number of amides is 2. The summed E-state index contributed by atoms with van der Waals surface area (Å²) in [6.45, 7) is 13.2. The third-order valence-corrected chi connectivity index (χ3v) is 4.31. The fourth-order valence-electron chi connectivity index (χ4n) is 1.91.